The van der Waals surface area contributed by atoms with E-state index in [1.165, 1.54) is 6.92 Å². The molecule has 1 aliphatic rings. The average molecular weight is 276 g/mol. The summed E-state index contributed by atoms with van der Waals surface area (Å²) < 4.78 is 0. The Balaban J connectivity index is 2.04. The fraction of sp³-hybridized carbons (Fsp3) is 0.357. The molecule has 106 valence electrons. The van der Waals surface area contributed by atoms with Crippen LogP contribution in [0.5, 0.6) is 0 Å². The molecule has 1 atom stereocenters. The van der Waals surface area contributed by atoms with Gasteiger partial charge in [-0.1, -0.05) is 6.92 Å². The first kappa shape index (κ1) is 14.0. The lowest BCUT2D eigenvalue weighted by Gasteiger charge is -2.17. The zero-order valence-electron chi connectivity index (χ0n) is 11.1. The van der Waals surface area contributed by atoms with Crippen molar-refractivity contribution in [1.29, 1.82) is 0 Å². The Morgan fingerprint density at radius 1 is 1.40 bits per heavy atom. The maximum Gasteiger partial charge on any atom is 0.308 e. The summed E-state index contributed by atoms with van der Waals surface area (Å²) in [7, 11) is 0. The average Bonchev–Trinajstić information content (AvgIpc) is 2.43. The molecule has 6 nitrogen and oxygen atoms in total. The van der Waals surface area contributed by atoms with Gasteiger partial charge in [-0.25, -0.2) is 0 Å². The van der Waals surface area contributed by atoms with Crippen molar-refractivity contribution in [3.63, 3.8) is 0 Å². The largest absolute Gasteiger partial charge is 0.481 e. The van der Waals surface area contributed by atoms with Gasteiger partial charge in [0.25, 0.3) is 5.91 Å². The predicted molar refractivity (Wildman–Crippen MR) is 72.5 cm³/mol. The Bertz CT molecular complexity index is 568. The Hall–Kier alpha value is -2.37. The molecule has 0 aromatic heterocycles. The molecule has 0 saturated heterocycles. The zero-order chi connectivity index (χ0) is 14.7. The standard InChI is InChI=1S/C14H16N2O4/c1-8(14(19)20)7-15-13(18)10-2-4-11-9(6-10)3-5-12(17)16-11/h2,4,6,8H,3,5,7H2,1H3,(H,15,18)(H,16,17)(H,19,20)/t8-/m0/s1. The lowest BCUT2D eigenvalue weighted by atomic mass is 10.00. The number of nitrogens with one attached hydrogen (secondary N) is 2. The van der Waals surface area contributed by atoms with Gasteiger partial charge < -0.3 is 15.7 Å². The number of carbonyl (C=O) groups excluding carboxylic acids is 2. The van der Waals surface area contributed by atoms with Crippen molar-refractivity contribution < 1.29 is 19.5 Å². The van der Waals surface area contributed by atoms with Gasteiger partial charge in [0, 0.05) is 24.2 Å². The van der Waals surface area contributed by atoms with Crippen LogP contribution in [0.25, 0.3) is 0 Å². The summed E-state index contributed by atoms with van der Waals surface area (Å²) in [5.41, 5.74) is 2.12. The van der Waals surface area contributed by atoms with E-state index >= 15 is 0 Å². The predicted octanol–water partition coefficient (Wildman–Crippen LogP) is 1.02. The van der Waals surface area contributed by atoms with Crippen molar-refractivity contribution in [2.75, 3.05) is 11.9 Å². The third-order valence-corrected chi connectivity index (χ3v) is 3.25. The summed E-state index contributed by atoms with van der Waals surface area (Å²) in [5, 5.41) is 14.1. The molecule has 1 aliphatic heterocycles. The van der Waals surface area contributed by atoms with Crippen LogP contribution in [0.3, 0.4) is 0 Å². The van der Waals surface area contributed by atoms with Gasteiger partial charge in [-0.3, -0.25) is 14.4 Å². The van der Waals surface area contributed by atoms with Crippen LogP contribution in [0, 0.1) is 5.92 Å². The van der Waals surface area contributed by atoms with Crippen molar-refractivity contribution in [3.05, 3.63) is 29.3 Å². The van der Waals surface area contributed by atoms with Gasteiger partial charge in [-0.05, 0) is 30.2 Å². The molecule has 2 rings (SSSR count). The van der Waals surface area contributed by atoms with Crippen LogP contribution in [0.4, 0.5) is 5.69 Å². The number of aliphatic carboxylic acids is 1. The number of amides is 2. The fourth-order valence-corrected chi connectivity index (χ4v) is 1.96. The normalized spacial score (nSPS) is 14.9. The smallest absolute Gasteiger partial charge is 0.308 e. The Morgan fingerprint density at radius 2 is 2.15 bits per heavy atom. The van der Waals surface area contributed by atoms with Crippen molar-refractivity contribution in [1.82, 2.24) is 5.32 Å². The third kappa shape index (κ3) is 3.14. The van der Waals surface area contributed by atoms with Gasteiger partial charge in [-0.2, -0.15) is 0 Å². The highest BCUT2D eigenvalue weighted by Gasteiger charge is 2.17. The van der Waals surface area contributed by atoms with E-state index in [1.54, 1.807) is 18.2 Å². The maximum absolute atomic E-state index is 11.9. The van der Waals surface area contributed by atoms with Gasteiger partial charge in [-0.15, -0.1) is 0 Å². The summed E-state index contributed by atoms with van der Waals surface area (Å²) in [6.45, 7) is 1.62. The minimum atomic E-state index is -0.946. The number of hydrogen-bond acceptors (Lipinski definition) is 3. The molecular weight excluding hydrogens is 260 g/mol. The molecule has 0 bridgehead atoms. The van der Waals surface area contributed by atoms with Crippen LogP contribution in [0.15, 0.2) is 18.2 Å². The molecule has 0 fully saturated rings. The second-order valence-electron chi connectivity index (χ2n) is 4.87. The molecule has 0 spiro atoms. The van der Waals surface area contributed by atoms with Crippen molar-refractivity contribution in [2.45, 2.75) is 19.8 Å². The zero-order valence-corrected chi connectivity index (χ0v) is 11.1. The first-order valence-electron chi connectivity index (χ1n) is 6.41. The highest BCUT2D eigenvalue weighted by molar-refractivity contribution is 5.98. The van der Waals surface area contributed by atoms with Crippen molar-refractivity contribution in [2.24, 2.45) is 5.92 Å². The minimum Gasteiger partial charge on any atom is -0.481 e. The van der Waals surface area contributed by atoms with Crippen molar-refractivity contribution in [3.8, 4) is 0 Å². The summed E-state index contributed by atoms with van der Waals surface area (Å²) in [5.74, 6) is -1.91. The van der Waals surface area contributed by atoms with Gasteiger partial charge in [0.1, 0.15) is 0 Å². The number of anilines is 1. The van der Waals surface area contributed by atoms with E-state index in [4.69, 9.17) is 5.11 Å². The van der Waals surface area contributed by atoms with Crippen LogP contribution < -0.4 is 10.6 Å². The lowest BCUT2D eigenvalue weighted by Crippen LogP contribution is -2.31. The molecule has 0 saturated carbocycles. The number of rotatable bonds is 4. The molecule has 0 radical (unpaired) electrons. The second-order valence-corrected chi connectivity index (χ2v) is 4.87. The molecule has 1 aromatic rings. The number of hydrogen-bond donors (Lipinski definition) is 3. The molecule has 1 aromatic carbocycles. The quantitative estimate of drug-likeness (QED) is 0.765. The molecule has 3 N–H and O–H groups in total. The first-order chi connectivity index (χ1) is 9.47. The number of carboxylic acid groups (broad SMARTS) is 1. The van der Waals surface area contributed by atoms with E-state index in [-0.39, 0.29) is 18.4 Å². The summed E-state index contributed by atoms with van der Waals surface area (Å²) >= 11 is 0. The molecule has 0 unspecified atom stereocenters. The van der Waals surface area contributed by atoms with E-state index in [0.717, 1.165) is 11.3 Å². The van der Waals surface area contributed by atoms with Gasteiger partial charge in [0.05, 0.1) is 5.92 Å². The van der Waals surface area contributed by atoms with Crippen LogP contribution >= 0.6 is 0 Å². The minimum absolute atomic E-state index is 0.0232. The van der Waals surface area contributed by atoms with E-state index in [2.05, 4.69) is 10.6 Å². The van der Waals surface area contributed by atoms with Gasteiger partial charge in [0.2, 0.25) is 5.91 Å². The van der Waals surface area contributed by atoms with E-state index in [1.807, 2.05) is 0 Å². The number of aryl methyl sites for hydroxylation is 1. The number of benzene rings is 1. The van der Waals surface area contributed by atoms with Crippen LogP contribution in [0.2, 0.25) is 0 Å². The number of carboxylic acids is 1. The molecule has 20 heavy (non-hydrogen) atoms. The van der Waals surface area contributed by atoms with Gasteiger partial charge >= 0.3 is 5.97 Å². The third-order valence-electron chi connectivity index (χ3n) is 3.25. The molecule has 2 amide bonds. The SMILES string of the molecule is C[C@@H](CNC(=O)c1ccc2c(c1)CCC(=O)N2)C(=O)O. The summed E-state index contributed by atoms with van der Waals surface area (Å²) in [6, 6.07) is 5.04. The highest BCUT2D eigenvalue weighted by Crippen LogP contribution is 2.23. The summed E-state index contributed by atoms with van der Waals surface area (Å²) in [6.07, 6.45) is 1.02. The molecule has 6 heteroatoms. The molecule has 0 aliphatic carbocycles. The topological polar surface area (TPSA) is 95.5 Å². The fourth-order valence-electron chi connectivity index (χ4n) is 1.96. The van der Waals surface area contributed by atoms with E-state index < -0.39 is 11.9 Å². The summed E-state index contributed by atoms with van der Waals surface area (Å²) in [4.78, 5) is 33.8. The number of fused-ring (bicyclic) bond motifs is 1. The molecule has 1 heterocycles. The van der Waals surface area contributed by atoms with Crippen molar-refractivity contribution >= 4 is 23.5 Å². The van der Waals surface area contributed by atoms with Crippen LogP contribution in [-0.4, -0.2) is 29.4 Å². The Labute approximate surface area is 116 Å². The maximum atomic E-state index is 11.9. The number of carbonyl (C=O) groups is 3. The molecular formula is C14H16N2O4. The first-order valence-corrected chi connectivity index (χ1v) is 6.41. The van der Waals surface area contributed by atoms with Gasteiger partial charge in [0.15, 0.2) is 0 Å². The second kappa shape index (κ2) is 5.73. The Morgan fingerprint density at radius 3 is 2.85 bits per heavy atom. The van der Waals surface area contributed by atoms with E-state index in [9.17, 15) is 14.4 Å². The highest BCUT2D eigenvalue weighted by atomic mass is 16.4. The Kier molecular flexibility index (Phi) is 4.02. The monoisotopic (exact) mass is 276 g/mol. The lowest BCUT2D eigenvalue weighted by molar-refractivity contribution is -0.140. The van der Waals surface area contributed by atoms with Crippen LogP contribution in [0.1, 0.15) is 29.3 Å². The van der Waals surface area contributed by atoms with Crippen LogP contribution in [-0.2, 0) is 16.0 Å². The van der Waals surface area contributed by atoms with E-state index in [0.29, 0.717) is 18.4 Å².